The summed E-state index contributed by atoms with van der Waals surface area (Å²) in [6.07, 6.45) is 1.52. The number of halogens is 1. The van der Waals surface area contributed by atoms with Crippen LogP contribution in [0, 0.1) is 0 Å². The summed E-state index contributed by atoms with van der Waals surface area (Å²) in [4.78, 5) is 25.8. The lowest BCUT2D eigenvalue weighted by Gasteiger charge is -2.15. The van der Waals surface area contributed by atoms with Crippen LogP contribution in [0.3, 0.4) is 0 Å². The molecule has 29 heavy (non-hydrogen) atoms. The molecule has 0 N–H and O–H groups in total. The van der Waals surface area contributed by atoms with Crippen LogP contribution >= 0.6 is 11.6 Å². The molecule has 1 fully saturated rings. The Balaban J connectivity index is 1.32. The molecule has 1 aromatic heterocycles. The molecule has 1 amide bonds. The van der Waals surface area contributed by atoms with Gasteiger partial charge in [-0.05, 0) is 36.2 Å². The molecule has 6 nitrogen and oxygen atoms in total. The maximum atomic E-state index is 12.3. The Morgan fingerprint density at radius 2 is 1.90 bits per heavy atom. The fourth-order valence-electron chi connectivity index (χ4n) is 3.20. The summed E-state index contributed by atoms with van der Waals surface area (Å²) in [5.74, 6) is 0.184. The van der Waals surface area contributed by atoms with Gasteiger partial charge in [0.2, 0.25) is 5.91 Å². The number of likely N-dealkylation sites (tertiary alicyclic amines) is 1. The second kappa shape index (κ2) is 8.49. The molecular weight excluding hydrogens is 392 g/mol. The van der Waals surface area contributed by atoms with Gasteiger partial charge in [0.1, 0.15) is 5.69 Å². The van der Waals surface area contributed by atoms with Crippen LogP contribution in [-0.2, 0) is 22.7 Å². The fraction of sp³-hybridized carbons (Fsp3) is 0.227. The van der Waals surface area contributed by atoms with E-state index in [1.165, 1.54) is 0 Å². The van der Waals surface area contributed by atoms with E-state index in [0.717, 1.165) is 24.1 Å². The topological polar surface area (TPSA) is 72.6 Å². The first-order valence-corrected chi connectivity index (χ1v) is 9.72. The van der Waals surface area contributed by atoms with Crippen molar-refractivity contribution in [1.82, 2.24) is 10.1 Å². The zero-order valence-corrected chi connectivity index (χ0v) is 16.4. The molecule has 4 rings (SSSR count). The van der Waals surface area contributed by atoms with Crippen molar-refractivity contribution < 1.29 is 18.8 Å². The Morgan fingerprint density at radius 1 is 1.14 bits per heavy atom. The van der Waals surface area contributed by atoms with Gasteiger partial charge in [0.25, 0.3) is 0 Å². The first-order valence-electron chi connectivity index (χ1n) is 9.34. The number of nitrogens with zero attached hydrogens (tertiary/aromatic N) is 2. The monoisotopic (exact) mass is 410 g/mol. The summed E-state index contributed by atoms with van der Waals surface area (Å²) < 4.78 is 10.6. The van der Waals surface area contributed by atoms with Crippen molar-refractivity contribution in [1.29, 1.82) is 0 Å². The third kappa shape index (κ3) is 4.66. The lowest BCUT2D eigenvalue weighted by Crippen LogP contribution is -2.23. The van der Waals surface area contributed by atoms with Crippen molar-refractivity contribution in [3.63, 3.8) is 0 Å². The minimum absolute atomic E-state index is 0.0105. The Morgan fingerprint density at radius 3 is 2.59 bits per heavy atom. The third-order valence-corrected chi connectivity index (χ3v) is 5.03. The van der Waals surface area contributed by atoms with Gasteiger partial charge in [0.15, 0.2) is 12.4 Å². The molecule has 0 unspecified atom stereocenters. The van der Waals surface area contributed by atoms with Crippen molar-refractivity contribution in [3.05, 3.63) is 76.5 Å². The molecule has 2 heterocycles. The van der Waals surface area contributed by atoms with Crippen molar-refractivity contribution in [3.8, 4) is 11.3 Å². The number of rotatable bonds is 6. The third-order valence-electron chi connectivity index (χ3n) is 4.78. The van der Waals surface area contributed by atoms with Crippen molar-refractivity contribution in [2.24, 2.45) is 0 Å². The summed E-state index contributed by atoms with van der Waals surface area (Å²) in [7, 11) is 0. The van der Waals surface area contributed by atoms with Gasteiger partial charge >= 0.3 is 5.97 Å². The summed E-state index contributed by atoms with van der Waals surface area (Å²) in [6, 6.07) is 16.1. The predicted molar refractivity (Wildman–Crippen MR) is 107 cm³/mol. The van der Waals surface area contributed by atoms with E-state index in [9.17, 15) is 9.59 Å². The molecule has 7 heteroatoms. The molecule has 0 bridgehead atoms. The van der Waals surface area contributed by atoms with Crippen LogP contribution in [0.5, 0.6) is 0 Å². The van der Waals surface area contributed by atoms with Crippen LogP contribution in [0.1, 0.15) is 34.5 Å². The Hall–Kier alpha value is -3.12. The second-order valence-corrected chi connectivity index (χ2v) is 7.31. The molecule has 1 saturated heterocycles. The first-order chi connectivity index (χ1) is 14.1. The van der Waals surface area contributed by atoms with Crippen LogP contribution in [0.2, 0.25) is 5.02 Å². The van der Waals surface area contributed by atoms with E-state index < -0.39 is 5.97 Å². The standard InChI is InChI=1S/C22H19ClN2O4/c23-18-9-7-16(8-10-18)20-12-19(29-24-20)14-28-22(27)17-5-3-15(4-6-17)13-25-11-1-2-21(25)26/h3-10,12H,1-2,11,13-14H2. The highest BCUT2D eigenvalue weighted by Gasteiger charge is 2.20. The Labute approximate surface area is 173 Å². The SMILES string of the molecule is O=C(OCc1cc(-c2ccc(Cl)cc2)no1)c1ccc(CN2CCCC2=O)cc1. The number of carbonyl (C=O) groups is 2. The number of benzene rings is 2. The van der Waals surface area contributed by atoms with E-state index in [1.807, 2.05) is 29.2 Å². The molecule has 0 aliphatic carbocycles. The zero-order valence-electron chi connectivity index (χ0n) is 15.6. The van der Waals surface area contributed by atoms with Crippen LogP contribution in [0.15, 0.2) is 59.1 Å². The Kier molecular flexibility index (Phi) is 5.62. The van der Waals surface area contributed by atoms with Crippen LogP contribution < -0.4 is 0 Å². The van der Waals surface area contributed by atoms with Gasteiger partial charge < -0.3 is 14.2 Å². The van der Waals surface area contributed by atoms with Crippen LogP contribution in [0.25, 0.3) is 11.3 Å². The molecule has 148 valence electrons. The van der Waals surface area contributed by atoms with E-state index in [-0.39, 0.29) is 12.5 Å². The van der Waals surface area contributed by atoms with Gasteiger partial charge in [0.05, 0.1) is 5.56 Å². The molecule has 1 aliphatic rings. The van der Waals surface area contributed by atoms with E-state index >= 15 is 0 Å². The largest absolute Gasteiger partial charge is 0.454 e. The van der Waals surface area contributed by atoms with E-state index in [0.29, 0.717) is 35.0 Å². The van der Waals surface area contributed by atoms with Gasteiger partial charge in [-0.1, -0.05) is 41.0 Å². The zero-order chi connectivity index (χ0) is 20.2. The van der Waals surface area contributed by atoms with Crippen LogP contribution in [-0.4, -0.2) is 28.5 Å². The first kappa shape index (κ1) is 19.2. The average molecular weight is 411 g/mol. The van der Waals surface area contributed by atoms with Gasteiger partial charge in [-0.15, -0.1) is 0 Å². The minimum atomic E-state index is -0.446. The molecule has 1 aliphatic heterocycles. The minimum Gasteiger partial charge on any atom is -0.454 e. The number of carbonyl (C=O) groups excluding carboxylic acids is 2. The highest BCUT2D eigenvalue weighted by atomic mass is 35.5. The quantitative estimate of drug-likeness (QED) is 0.560. The van der Waals surface area contributed by atoms with Crippen molar-refractivity contribution in [2.75, 3.05) is 6.54 Å². The van der Waals surface area contributed by atoms with Gasteiger partial charge in [-0.3, -0.25) is 4.79 Å². The molecule has 0 saturated carbocycles. The van der Waals surface area contributed by atoms with Crippen molar-refractivity contribution >= 4 is 23.5 Å². The lowest BCUT2D eigenvalue weighted by atomic mass is 10.1. The average Bonchev–Trinajstić information content (AvgIpc) is 3.37. The number of hydrogen-bond acceptors (Lipinski definition) is 5. The molecule has 2 aromatic carbocycles. The summed E-state index contributed by atoms with van der Waals surface area (Å²) >= 11 is 5.89. The van der Waals surface area contributed by atoms with E-state index in [4.69, 9.17) is 20.9 Å². The molecule has 3 aromatic rings. The normalized spacial score (nSPS) is 13.7. The predicted octanol–water partition coefficient (Wildman–Crippen LogP) is 4.47. The van der Waals surface area contributed by atoms with Gasteiger partial charge in [-0.2, -0.15) is 0 Å². The highest BCUT2D eigenvalue weighted by molar-refractivity contribution is 6.30. The maximum Gasteiger partial charge on any atom is 0.338 e. The maximum absolute atomic E-state index is 12.3. The Bertz CT molecular complexity index is 1010. The van der Waals surface area contributed by atoms with Crippen molar-refractivity contribution in [2.45, 2.75) is 26.0 Å². The van der Waals surface area contributed by atoms with Gasteiger partial charge in [0, 0.05) is 36.2 Å². The number of ether oxygens (including phenoxy) is 1. The molecule has 0 atom stereocenters. The smallest absolute Gasteiger partial charge is 0.338 e. The summed E-state index contributed by atoms with van der Waals surface area (Å²) in [6.45, 7) is 1.35. The lowest BCUT2D eigenvalue weighted by molar-refractivity contribution is -0.128. The van der Waals surface area contributed by atoms with Crippen LogP contribution in [0.4, 0.5) is 0 Å². The van der Waals surface area contributed by atoms with E-state index in [1.54, 1.807) is 30.3 Å². The van der Waals surface area contributed by atoms with E-state index in [2.05, 4.69) is 5.16 Å². The van der Waals surface area contributed by atoms with Gasteiger partial charge in [-0.25, -0.2) is 4.79 Å². The number of amides is 1. The molecule has 0 spiro atoms. The number of hydrogen-bond donors (Lipinski definition) is 0. The second-order valence-electron chi connectivity index (χ2n) is 6.88. The molecular formula is C22H19ClN2O4. The summed E-state index contributed by atoms with van der Waals surface area (Å²) in [5.41, 5.74) is 2.94. The summed E-state index contributed by atoms with van der Waals surface area (Å²) in [5, 5.41) is 4.63. The number of aromatic nitrogens is 1. The number of esters is 1. The fourth-order valence-corrected chi connectivity index (χ4v) is 3.32. The highest BCUT2D eigenvalue weighted by Crippen LogP contribution is 2.22. The molecule has 0 radical (unpaired) electrons.